The molecule has 2 rings (SSSR count). The zero-order chi connectivity index (χ0) is 14.5. The van der Waals surface area contributed by atoms with E-state index in [0.717, 1.165) is 11.1 Å². The summed E-state index contributed by atoms with van der Waals surface area (Å²) in [5, 5.41) is 2.69. The molecule has 0 radical (unpaired) electrons. The molecule has 2 nitrogen and oxygen atoms in total. The van der Waals surface area contributed by atoms with E-state index in [9.17, 15) is 9.18 Å². The predicted octanol–water partition coefficient (Wildman–Crippen LogP) is 4.26. The average molecular weight is 357 g/mol. The highest BCUT2D eigenvalue weighted by Crippen LogP contribution is 2.15. The predicted molar refractivity (Wildman–Crippen MR) is 81.3 cm³/mol. The van der Waals surface area contributed by atoms with Crippen LogP contribution in [-0.4, -0.2) is 5.91 Å². The van der Waals surface area contributed by atoms with Crippen LogP contribution in [0.3, 0.4) is 0 Å². The summed E-state index contributed by atoms with van der Waals surface area (Å²) in [4.78, 5) is 11.9. The maximum Gasteiger partial charge on any atom is 0.254 e. The standard InChI is InChI=1S/C15H12BrClFNO/c16-12-4-5-13(14(18)7-12)15(20)19-9-11-3-1-2-10(6-11)8-17/h1-7H,8-9H2,(H,19,20). The third kappa shape index (κ3) is 3.81. The second-order valence-corrected chi connectivity index (χ2v) is 5.44. The maximum atomic E-state index is 13.6. The van der Waals surface area contributed by atoms with Crippen LogP contribution in [0.1, 0.15) is 21.5 Å². The third-order valence-corrected chi connectivity index (χ3v) is 3.58. The molecule has 0 aliphatic rings. The fourth-order valence-corrected chi connectivity index (χ4v) is 2.27. The zero-order valence-corrected chi connectivity index (χ0v) is 12.8. The van der Waals surface area contributed by atoms with Crippen molar-refractivity contribution in [2.45, 2.75) is 12.4 Å². The smallest absolute Gasteiger partial charge is 0.254 e. The summed E-state index contributed by atoms with van der Waals surface area (Å²) >= 11 is 8.90. The van der Waals surface area contributed by atoms with Crippen LogP contribution in [-0.2, 0) is 12.4 Å². The quantitative estimate of drug-likeness (QED) is 0.815. The third-order valence-electron chi connectivity index (χ3n) is 2.77. The number of hydrogen-bond donors (Lipinski definition) is 1. The number of halogens is 3. The van der Waals surface area contributed by atoms with Gasteiger partial charge in [-0.2, -0.15) is 0 Å². The fourth-order valence-electron chi connectivity index (χ4n) is 1.77. The van der Waals surface area contributed by atoms with Crippen LogP contribution in [0.2, 0.25) is 0 Å². The van der Waals surface area contributed by atoms with Crippen LogP contribution in [0.5, 0.6) is 0 Å². The van der Waals surface area contributed by atoms with Gasteiger partial charge in [-0.25, -0.2) is 4.39 Å². The average Bonchev–Trinajstić information content (AvgIpc) is 2.45. The van der Waals surface area contributed by atoms with Crippen molar-refractivity contribution in [1.29, 1.82) is 0 Å². The number of alkyl halides is 1. The molecule has 1 N–H and O–H groups in total. The summed E-state index contributed by atoms with van der Waals surface area (Å²) in [6.07, 6.45) is 0. The Balaban J connectivity index is 2.04. The molecule has 0 aromatic heterocycles. The van der Waals surface area contributed by atoms with Crippen molar-refractivity contribution in [2.24, 2.45) is 0 Å². The van der Waals surface area contributed by atoms with Gasteiger partial charge in [-0.05, 0) is 29.3 Å². The summed E-state index contributed by atoms with van der Waals surface area (Å²) in [6, 6.07) is 11.9. The molecular formula is C15H12BrClFNO. The van der Waals surface area contributed by atoms with Gasteiger partial charge in [0.2, 0.25) is 0 Å². The van der Waals surface area contributed by atoms with Crippen molar-refractivity contribution >= 4 is 33.4 Å². The van der Waals surface area contributed by atoms with Crippen LogP contribution in [0.4, 0.5) is 4.39 Å². The first-order valence-corrected chi connectivity index (χ1v) is 7.30. The van der Waals surface area contributed by atoms with Crippen molar-refractivity contribution in [1.82, 2.24) is 5.32 Å². The first kappa shape index (κ1) is 15.0. The minimum Gasteiger partial charge on any atom is -0.348 e. The van der Waals surface area contributed by atoms with Crippen molar-refractivity contribution in [2.75, 3.05) is 0 Å². The SMILES string of the molecule is O=C(NCc1cccc(CCl)c1)c1ccc(Br)cc1F. The van der Waals surface area contributed by atoms with Gasteiger partial charge in [0.1, 0.15) is 5.82 Å². The molecule has 2 aromatic carbocycles. The molecule has 0 atom stereocenters. The van der Waals surface area contributed by atoms with Crippen LogP contribution in [0, 0.1) is 5.82 Å². The van der Waals surface area contributed by atoms with Gasteiger partial charge >= 0.3 is 0 Å². The number of amides is 1. The molecule has 2 aromatic rings. The lowest BCUT2D eigenvalue weighted by molar-refractivity contribution is 0.0947. The zero-order valence-electron chi connectivity index (χ0n) is 10.5. The van der Waals surface area contributed by atoms with Gasteiger partial charge in [-0.1, -0.05) is 40.2 Å². The Morgan fingerprint density at radius 3 is 2.65 bits per heavy atom. The molecule has 0 saturated carbocycles. The van der Waals surface area contributed by atoms with E-state index < -0.39 is 11.7 Å². The van der Waals surface area contributed by atoms with Gasteiger partial charge in [0.25, 0.3) is 5.91 Å². The first-order chi connectivity index (χ1) is 9.60. The van der Waals surface area contributed by atoms with E-state index in [4.69, 9.17) is 11.6 Å². The Kier molecular flexibility index (Phi) is 5.15. The lowest BCUT2D eigenvalue weighted by atomic mass is 10.1. The molecule has 0 fully saturated rings. The highest BCUT2D eigenvalue weighted by atomic mass is 79.9. The molecular weight excluding hydrogens is 345 g/mol. The van der Waals surface area contributed by atoms with E-state index in [0.29, 0.717) is 16.9 Å². The summed E-state index contributed by atoms with van der Waals surface area (Å²) in [5.41, 5.74) is 1.93. The number of hydrogen-bond acceptors (Lipinski definition) is 1. The van der Waals surface area contributed by atoms with E-state index in [1.807, 2.05) is 24.3 Å². The summed E-state index contributed by atoms with van der Waals surface area (Å²) in [6.45, 7) is 0.332. The highest BCUT2D eigenvalue weighted by Gasteiger charge is 2.11. The molecule has 20 heavy (non-hydrogen) atoms. The van der Waals surface area contributed by atoms with Gasteiger partial charge < -0.3 is 5.32 Å². The molecule has 1 amide bonds. The van der Waals surface area contributed by atoms with Crippen LogP contribution < -0.4 is 5.32 Å². The number of nitrogens with one attached hydrogen (secondary N) is 1. The fraction of sp³-hybridized carbons (Fsp3) is 0.133. The van der Waals surface area contributed by atoms with E-state index in [1.165, 1.54) is 12.1 Å². The molecule has 0 aliphatic heterocycles. The lowest BCUT2D eigenvalue weighted by Gasteiger charge is -2.07. The second kappa shape index (κ2) is 6.86. The van der Waals surface area contributed by atoms with Gasteiger partial charge in [-0.3, -0.25) is 4.79 Å². The molecule has 0 heterocycles. The number of carbonyl (C=O) groups is 1. The minimum absolute atomic E-state index is 0.0293. The first-order valence-electron chi connectivity index (χ1n) is 5.97. The molecule has 0 saturated heterocycles. The molecule has 0 spiro atoms. The Morgan fingerprint density at radius 2 is 1.95 bits per heavy atom. The normalized spacial score (nSPS) is 10.3. The van der Waals surface area contributed by atoms with Crippen LogP contribution in [0.25, 0.3) is 0 Å². The van der Waals surface area contributed by atoms with Crippen LogP contribution >= 0.6 is 27.5 Å². The summed E-state index contributed by atoms with van der Waals surface area (Å²) in [7, 11) is 0. The number of rotatable bonds is 4. The summed E-state index contributed by atoms with van der Waals surface area (Å²) in [5.74, 6) is -0.569. The van der Waals surface area contributed by atoms with E-state index in [-0.39, 0.29) is 5.56 Å². The second-order valence-electron chi connectivity index (χ2n) is 4.26. The monoisotopic (exact) mass is 355 g/mol. The van der Waals surface area contributed by atoms with Crippen molar-refractivity contribution in [3.05, 3.63) is 69.4 Å². The van der Waals surface area contributed by atoms with Crippen molar-refractivity contribution < 1.29 is 9.18 Å². The van der Waals surface area contributed by atoms with Gasteiger partial charge in [-0.15, -0.1) is 11.6 Å². The molecule has 0 bridgehead atoms. The largest absolute Gasteiger partial charge is 0.348 e. The van der Waals surface area contributed by atoms with Crippen LogP contribution in [0.15, 0.2) is 46.9 Å². The van der Waals surface area contributed by atoms with Crippen molar-refractivity contribution in [3.63, 3.8) is 0 Å². The highest BCUT2D eigenvalue weighted by molar-refractivity contribution is 9.10. The summed E-state index contributed by atoms with van der Waals surface area (Å²) < 4.78 is 14.2. The Morgan fingerprint density at radius 1 is 1.20 bits per heavy atom. The van der Waals surface area contributed by atoms with E-state index in [2.05, 4.69) is 21.2 Å². The number of benzene rings is 2. The molecule has 0 aliphatic carbocycles. The number of carbonyl (C=O) groups excluding carboxylic acids is 1. The van der Waals surface area contributed by atoms with Gasteiger partial charge in [0, 0.05) is 16.9 Å². The lowest BCUT2D eigenvalue weighted by Crippen LogP contribution is -2.23. The molecule has 5 heteroatoms. The minimum atomic E-state index is -0.550. The molecule has 104 valence electrons. The van der Waals surface area contributed by atoms with E-state index in [1.54, 1.807) is 6.07 Å². The Bertz CT molecular complexity index is 633. The van der Waals surface area contributed by atoms with Gasteiger partial charge in [0.15, 0.2) is 0 Å². The topological polar surface area (TPSA) is 29.1 Å². The Labute approximate surface area is 130 Å². The van der Waals surface area contributed by atoms with E-state index >= 15 is 0 Å². The Hall–Kier alpha value is -1.39. The van der Waals surface area contributed by atoms with Crippen molar-refractivity contribution in [3.8, 4) is 0 Å². The van der Waals surface area contributed by atoms with Gasteiger partial charge in [0.05, 0.1) is 5.56 Å². The molecule has 0 unspecified atom stereocenters. The maximum absolute atomic E-state index is 13.6.